The average Bonchev–Trinajstić information content (AvgIpc) is 3.53. The molecule has 0 amide bonds. The first-order chi connectivity index (χ1) is 19.4. The molecular formula is C35H26FNO2S. The third kappa shape index (κ3) is 3.47. The Bertz CT molecular complexity index is 1840. The molecule has 5 heteroatoms. The molecule has 40 heavy (non-hydrogen) atoms. The maximum atomic E-state index is 14.6. The van der Waals surface area contributed by atoms with Gasteiger partial charge in [-0.2, -0.15) is 0 Å². The van der Waals surface area contributed by atoms with Gasteiger partial charge in [0, 0.05) is 21.4 Å². The average molecular weight is 544 g/mol. The summed E-state index contributed by atoms with van der Waals surface area (Å²) >= 11 is 1.51. The fourth-order valence-corrected chi connectivity index (χ4v) is 7.48. The van der Waals surface area contributed by atoms with Gasteiger partial charge in [-0.05, 0) is 89.3 Å². The Hall–Kier alpha value is -4.35. The van der Waals surface area contributed by atoms with Gasteiger partial charge in [0.15, 0.2) is 11.6 Å². The van der Waals surface area contributed by atoms with Crippen LogP contribution in [0.3, 0.4) is 0 Å². The van der Waals surface area contributed by atoms with Gasteiger partial charge in [0.25, 0.3) is 0 Å². The summed E-state index contributed by atoms with van der Waals surface area (Å²) in [7, 11) is 0. The number of benzene rings is 4. The van der Waals surface area contributed by atoms with Crippen LogP contribution >= 0.6 is 11.3 Å². The van der Waals surface area contributed by atoms with E-state index in [4.69, 9.17) is 0 Å². The van der Waals surface area contributed by atoms with Gasteiger partial charge in [0.1, 0.15) is 10.8 Å². The van der Waals surface area contributed by atoms with Gasteiger partial charge in [-0.1, -0.05) is 56.3 Å². The second-order valence-electron chi connectivity index (χ2n) is 10.4. The Morgan fingerprint density at radius 3 is 2.05 bits per heavy atom. The van der Waals surface area contributed by atoms with E-state index in [9.17, 15) is 14.0 Å². The molecule has 0 N–H and O–H groups in total. The van der Waals surface area contributed by atoms with E-state index in [2.05, 4.69) is 30.9 Å². The number of hydrogen-bond donors (Lipinski definition) is 0. The fourth-order valence-electron chi connectivity index (χ4n) is 6.51. The number of carbonyl (C=O) groups excluding carboxylic acids is 2. The lowest BCUT2D eigenvalue weighted by atomic mass is 9.67. The Balaban J connectivity index is 1.33. The summed E-state index contributed by atoms with van der Waals surface area (Å²) in [6.45, 7) is 4.33. The number of hydrogen-bond acceptors (Lipinski definition) is 4. The normalized spacial score (nSPS) is 15.3. The smallest absolute Gasteiger partial charge is 0.197 e. The number of fused-ring (bicyclic) bond motifs is 4. The van der Waals surface area contributed by atoms with Crippen molar-refractivity contribution >= 4 is 56.1 Å². The highest BCUT2D eigenvalue weighted by molar-refractivity contribution is 7.17. The number of thiophene rings is 1. The zero-order valence-corrected chi connectivity index (χ0v) is 23.0. The number of para-hydroxylation sites is 1. The van der Waals surface area contributed by atoms with E-state index in [0.717, 1.165) is 50.4 Å². The molecule has 5 aromatic rings. The van der Waals surface area contributed by atoms with Crippen LogP contribution in [-0.2, 0) is 5.41 Å². The SMILES string of the molecule is CCC1(CC)c2ccccc2N(c2ccc(C=C3C(=O)c4cc5ccccc5cc4C3=O)s2)c2ccc(F)cc21. The molecule has 0 radical (unpaired) electrons. The first-order valence-electron chi connectivity index (χ1n) is 13.6. The van der Waals surface area contributed by atoms with Crippen molar-refractivity contribution < 1.29 is 14.0 Å². The van der Waals surface area contributed by atoms with Crippen molar-refractivity contribution in [2.24, 2.45) is 0 Å². The lowest BCUT2D eigenvalue weighted by molar-refractivity contribution is 0.0990. The Morgan fingerprint density at radius 2 is 1.38 bits per heavy atom. The van der Waals surface area contributed by atoms with Crippen LogP contribution in [0.2, 0.25) is 0 Å². The maximum absolute atomic E-state index is 14.6. The first kappa shape index (κ1) is 24.7. The van der Waals surface area contributed by atoms with Crippen LogP contribution in [0.25, 0.3) is 16.8 Å². The van der Waals surface area contributed by atoms with Crippen LogP contribution in [0.5, 0.6) is 0 Å². The highest BCUT2D eigenvalue weighted by Gasteiger charge is 2.41. The summed E-state index contributed by atoms with van der Waals surface area (Å²) in [6, 6.07) is 28.8. The van der Waals surface area contributed by atoms with Crippen LogP contribution in [-0.4, -0.2) is 11.6 Å². The standard InChI is InChI=1S/C35H26FNO2S/c1-3-35(4-2)28-11-7-8-12-30(28)37(31-15-13-23(36)19-29(31)35)32-16-14-24(40-32)20-27-33(38)25-17-21-9-5-6-10-22(21)18-26(25)34(27)39/h5-20H,3-4H2,1-2H3. The van der Waals surface area contributed by atoms with Crippen LogP contribution in [0.1, 0.15) is 63.4 Å². The third-order valence-electron chi connectivity index (χ3n) is 8.57. The molecule has 2 heterocycles. The number of anilines is 3. The zero-order chi connectivity index (χ0) is 27.6. The molecule has 0 fully saturated rings. The van der Waals surface area contributed by atoms with Crippen molar-refractivity contribution in [1.29, 1.82) is 0 Å². The molecule has 1 aliphatic heterocycles. The number of halogens is 1. The summed E-state index contributed by atoms with van der Waals surface area (Å²) in [6.07, 6.45) is 3.42. The molecule has 0 saturated carbocycles. The number of allylic oxidation sites excluding steroid dienone is 1. The van der Waals surface area contributed by atoms with Gasteiger partial charge in [0.05, 0.1) is 16.9 Å². The number of rotatable bonds is 4. The topological polar surface area (TPSA) is 37.4 Å². The van der Waals surface area contributed by atoms with Gasteiger partial charge in [-0.25, -0.2) is 4.39 Å². The lowest BCUT2D eigenvalue weighted by Gasteiger charge is -2.44. The van der Waals surface area contributed by atoms with Gasteiger partial charge < -0.3 is 4.90 Å². The molecule has 0 atom stereocenters. The molecule has 196 valence electrons. The highest BCUT2D eigenvalue weighted by atomic mass is 32.1. The van der Waals surface area contributed by atoms with E-state index in [1.807, 2.05) is 66.7 Å². The summed E-state index contributed by atoms with van der Waals surface area (Å²) < 4.78 is 14.6. The van der Waals surface area contributed by atoms with E-state index >= 15 is 0 Å². The predicted octanol–water partition coefficient (Wildman–Crippen LogP) is 9.39. The minimum atomic E-state index is -0.287. The Kier molecular flexibility index (Phi) is 5.62. The van der Waals surface area contributed by atoms with E-state index in [0.29, 0.717) is 11.1 Å². The quantitative estimate of drug-likeness (QED) is 0.167. The van der Waals surface area contributed by atoms with Crippen LogP contribution < -0.4 is 4.90 Å². The minimum absolute atomic E-state index is 0.191. The monoisotopic (exact) mass is 543 g/mol. The van der Waals surface area contributed by atoms with Crippen LogP contribution in [0.15, 0.2) is 96.6 Å². The van der Waals surface area contributed by atoms with Gasteiger partial charge >= 0.3 is 0 Å². The summed E-state index contributed by atoms with van der Waals surface area (Å²) in [5, 5.41) is 2.82. The summed E-state index contributed by atoms with van der Waals surface area (Å²) in [5.41, 5.74) is 5.01. The Labute approximate surface area is 236 Å². The van der Waals surface area contributed by atoms with E-state index in [1.54, 1.807) is 12.1 Å². The van der Waals surface area contributed by atoms with Gasteiger partial charge in [0.2, 0.25) is 0 Å². The van der Waals surface area contributed by atoms with E-state index in [1.165, 1.54) is 23.0 Å². The second-order valence-corrected chi connectivity index (χ2v) is 11.5. The van der Waals surface area contributed by atoms with Crippen LogP contribution in [0.4, 0.5) is 20.8 Å². The third-order valence-corrected chi connectivity index (χ3v) is 9.58. The van der Waals surface area contributed by atoms with Crippen LogP contribution in [0, 0.1) is 5.82 Å². The van der Waals surface area contributed by atoms with E-state index in [-0.39, 0.29) is 28.4 Å². The number of Topliss-reactive ketones (excluding diaryl/α,β-unsaturated/α-hetero) is 2. The molecule has 0 saturated heterocycles. The number of nitrogens with zero attached hydrogens (tertiary/aromatic N) is 1. The summed E-state index contributed by atoms with van der Waals surface area (Å²) in [5.74, 6) is -0.715. The van der Waals surface area contributed by atoms with Crippen molar-refractivity contribution in [3.8, 4) is 0 Å². The molecule has 2 aliphatic rings. The Morgan fingerprint density at radius 1 is 0.750 bits per heavy atom. The molecule has 1 aromatic heterocycles. The molecule has 0 unspecified atom stereocenters. The summed E-state index contributed by atoms with van der Waals surface area (Å²) in [4.78, 5) is 29.7. The van der Waals surface area contributed by atoms with Crippen molar-refractivity contribution in [3.63, 3.8) is 0 Å². The first-order valence-corrected chi connectivity index (χ1v) is 14.4. The molecular weight excluding hydrogens is 517 g/mol. The molecule has 1 aliphatic carbocycles. The molecule has 3 nitrogen and oxygen atoms in total. The second kappa shape index (κ2) is 9.10. The van der Waals surface area contributed by atoms with Crippen molar-refractivity contribution in [2.45, 2.75) is 32.1 Å². The minimum Gasteiger partial charge on any atom is -0.301 e. The highest BCUT2D eigenvalue weighted by Crippen LogP contribution is 2.55. The van der Waals surface area contributed by atoms with Gasteiger partial charge in [-0.3, -0.25) is 9.59 Å². The number of ketones is 2. The lowest BCUT2D eigenvalue weighted by Crippen LogP contribution is -2.34. The fraction of sp³-hybridized carbons (Fsp3) is 0.143. The zero-order valence-electron chi connectivity index (χ0n) is 22.2. The van der Waals surface area contributed by atoms with Gasteiger partial charge in [-0.15, -0.1) is 11.3 Å². The predicted molar refractivity (Wildman–Crippen MR) is 161 cm³/mol. The molecule has 0 bridgehead atoms. The van der Waals surface area contributed by atoms with E-state index < -0.39 is 0 Å². The maximum Gasteiger partial charge on any atom is 0.197 e. The molecule has 0 spiro atoms. The largest absolute Gasteiger partial charge is 0.301 e. The van der Waals surface area contributed by atoms with Crippen molar-refractivity contribution in [3.05, 3.63) is 130 Å². The van der Waals surface area contributed by atoms with Crippen molar-refractivity contribution in [1.82, 2.24) is 0 Å². The van der Waals surface area contributed by atoms with Crippen molar-refractivity contribution in [2.75, 3.05) is 4.90 Å². The number of carbonyl (C=O) groups is 2. The molecule has 4 aromatic carbocycles. The molecule has 7 rings (SSSR count).